The van der Waals surface area contributed by atoms with Gasteiger partial charge in [-0.15, -0.1) is 0 Å². The summed E-state index contributed by atoms with van der Waals surface area (Å²) in [4.78, 5) is 37.4. The summed E-state index contributed by atoms with van der Waals surface area (Å²) in [6.07, 6.45) is 1.59. The number of carbonyl (C=O) groups excluding carboxylic acids is 2. The highest BCUT2D eigenvalue weighted by atomic mass is 16.4. The Morgan fingerprint density at radius 3 is 2.16 bits per heavy atom. The minimum atomic E-state index is -0.799. The van der Waals surface area contributed by atoms with Crippen LogP contribution in [0, 0.1) is 11.8 Å². The third-order valence-corrected chi connectivity index (χ3v) is 4.02. The van der Waals surface area contributed by atoms with Crippen LogP contribution in [0.5, 0.6) is 0 Å². The smallest absolute Gasteiger partial charge is 0.303 e. The molecule has 19 heavy (non-hydrogen) atoms. The van der Waals surface area contributed by atoms with Crippen molar-refractivity contribution in [3.05, 3.63) is 0 Å². The zero-order valence-corrected chi connectivity index (χ0v) is 11.2. The van der Waals surface area contributed by atoms with Crippen molar-refractivity contribution in [3.8, 4) is 0 Å². The Labute approximate surface area is 112 Å². The molecule has 2 aliphatic rings. The molecule has 0 unspecified atom stereocenters. The van der Waals surface area contributed by atoms with Gasteiger partial charge in [0.05, 0.1) is 6.42 Å². The normalized spacial score (nSPS) is 21.1. The van der Waals surface area contributed by atoms with E-state index in [0.29, 0.717) is 26.2 Å². The number of amides is 2. The lowest BCUT2D eigenvalue weighted by molar-refractivity contribution is -0.149. The standard InChI is InChI=1S/C13H20N2O4/c1-9(16)14-4-2-11(3-5-14)13(19)15-7-10(8-15)6-12(17)18/h10-11H,2-8H2,1H3,(H,17,18). The Bertz CT molecular complexity index is 382. The molecule has 0 aromatic heterocycles. The molecule has 0 saturated carbocycles. The van der Waals surface area contributed by atoms with Crippen LogP contribution in [0.25, 0.3) is 0 Å². The number of nitrogens with zero attached hydrogens (tertiary/aromatic N) is 2. The van der Waals surface area contributed by atoms with Crippen molar-refractivity contribution in [2.45, 2.75) is 26.2 Å². The van der Waals surface area contributed by atoms with E-state index in [9.17, 15) is 14.4 Å². The van der Waals surface area contributed by atoms with Crippen molar-refractivity contribution < 1.29 is 19.5 Å². The number of carbonyl (C=O) groups is 3. The fraction of sp³-hybridized carbons (Fsp3) is 0.769. The van der Waals surface area contributed by atoms with Crippen LogP contribution in [0.3, 0.4) is 0 Å². The van der Waals surface area contributed by atoms with Gasteiger partial charge < -0.3 is 14.9 Å². The molecule has 0 radical (unpaired) electrons. The molecule has 2 fully saturated rings. The number of hydrogen-bond acceptors (Lipinski definition) is 3. The van der Waals surface area contributed by atoms with Gasteiger partial charge in [-0.1, -0.05) is 0 Å². The second-order valence-corrected chi connectivity index (χ2v) is 5.49. The first kappa shape index (κ1) is 13.8. The summed E-state index contributed by atoms with van der Waals surface area (Å²) in [5, 5.41) is 8.66. The van der Waals surface area contributed by atoms with E-state index in [2.05, 4.69) is 0 Å². The third kappa shape index (κ3) is 3.24. The average Bonchev–Trinajstić information content (AvgIpc) is 2.32. The highest BCUT2D eigenvalue weighted by molar-refractivity contribution is 5.80. The number of carboxylic acid groups (broad SMARTS) is 1. The van der Waals surface area contributed by atoms with Crippen molar-refractivity contribution in [1.82, 2.24) is 9.80 Å². The van der Waals surface area contributed by atoms with Crippen molar-refractivity contribution in [3.63, 3.8) is 0 Å². The van der Waals surface area contributed by atoms with Crippen LogP contribution in [0.15, 0.2) is 0 Å². The van der Waals surface area contributed by atoms with Crippen molar-refractivity contribution in [2.75, 3.05) is 26.2 Å². The van der Waals surface area contributed by atoms with Crippen LogP contribution in [-0.2, 0) is 14.4 Å². The van der Waals surface area contributed by atoms with Gasteiger partial charge in [0.2, 0.25) is 11.8 Å². The zero-order chi connectivity index (χ0) is 14.0. The molecule has 0 bridgehead atoms. The lowest BCUT2D eigenvalue weighted by Gasteiger charge is -2.42. The Hall–Kier alpha value is -1.59. The number of likely N-dealkylation sites (tertiary alicyclic amines) is 2. The molecule has 2 amide bonds. The van der Waals surface area contributed by atoms with E-state index in [-0.39, 0.29) is 30.1 Å². The number of piperidine rings is 1. The maximum absolute atomic E-state index is 12.2. The minimum Gasteiger partial charge on any atom is -0.481 e. The molecule has 6 nitrogen and oxygen atoms in total. The fourth-order valence-electron chi connectivity index (χ4n) is 2.83. The van der Waals surface area contributed by atoms with E-state index in [1.165, 1.54) is 0 Å². The highest BCUT2D eigenvalue weighted by Crippen LogP contribution is 2.25. The maximum Gasteiger partial charge on any atom is 0.303 e. The first-order valence-electron chi connectivity index (χ1n) is 6.73. The fourth-order valence-corrected chi connectivity index (χ4v) is 2.83. The molecule has 0 aliphatic carbocycles. The van der Waals surface area contributed by atoms with E-state index >= 15 is 0 Å². The van der Waals surface area contributed by atoms with Gasteiger partial charge in [-0.05, 0) is 12.8 Å². The molecule has 1 N–H and O–H groups in total. The molecule has 2 rings (SSSR count). The Balaban J connectivity index is 1.74. The maximum atomic E-state index is 12.2. The summed E-state index contributed by atoms with van der Waals surface area (Å²) >= 11 is 0. The monoisotopic (exact) mass is 268 g/mol. The van der Waals surface area contributed by atoms with Crippen LogP contribution in [0.2, 0.25) is 0 Å². The first-order valence-corrected chi connectivity index (χ1v) is 6.73. The molecule has 0 atom stereocenters. The van der Waals surface area contributed by atoms with Gasteiger partial charge in [0.15, 0.2) is 0 Å². The SMILES string of the molecule is CC(=O)N1CCC(C(=O)N2CC(CC(=O)O)C2)CC1. The van der Waals surface area contributed by atoms with Gasteiger partial charge in [0.1, 0.15) is 0 Å². The molecular weight excluding hydrogens is 248 g/mol. The highest BCUT2D eigenvalue weighted by Gasteiger charge is 2.36. The summed E-state index contributed by atoms with van der Waals surface area (Å²) in [7, 11) is 0. The van der Waals surface area contributed by atoms with Crippen LogP contribution in [-0.4, -0.2) is 58.9 Å². The molecule has 6 heteroatoms. The predicted octanol–water partition coefficient (Wildman–Crippen LogP) is 0.178. The van der Waals surface area contributed by atoms with Gasteiger partial charge in [-0.25, -0.2) is 0 Å². The Morgan fingerprint density at radius 2 is 1.68 bits per heavy atom. The van der Waals surface area contributed by atoms with E-state index < -0.39 is 5.97 Å². The molecule has 0 aromatic rings. The number of hydrogen-bond donors (Lipinski definition) is 1. The van der Waals surface area contributed by atoms with Crippen LogP contribution in [0.1, 0.15) is 26.2 Å². The number of carboxylic acids is 1. The average molecular weight is 268 g/mol. The molecule has 0 spiro atoms. The van der Waals surface area contributed by atoms with Gasteiger partial charge in [0.25, 0.3) is 0 Å². The molecule has 0 aromatic carbocycles. The van der Waals surface area contributed by atoms with Crippen molar-refractivity contribution in [2.24, 2.45) is 11.8 Å². The summed E-state index contributed by atoms with van der Waals surface area (Å²) in [5.74, 6) is -0.492. The van der Waals surface area contributed by atoms with Gasteiger partial charge >= 0.3 is 5.97 Å². The summed E-state index contributed by atoms with van der Waals surface area (Å²) in [6.45, 7) is 3.99. The van der Waals surface area contributed by atoms with Crippen LogP contribution < -0.4 is 0 Å². The third-order valence-electron chi connectivity index (χ3n) is 4.02. The van der Waals surface area contributed by atoms with Crippen LogP contribution >= 0.6 is 0 Å². The van der Waals surface area contributed by atoms with E-state index in [4.69, 9.17) is 5.11 Å². The van der Waals surface area contributed by atoms with E-state index in [0.717, 1.165) is 12.8 Å². The van der Waals surface area contributed by atoms with Crippen molar-refractivity contribution >= 4 is 17.8 Å². The number of aliphatic carboxylic acids is 1. The van der Waals surface area contributed by atoms with Crippen LogP contribution in [0.4, 0.5) is 0 Å². The lowest BCUT2D eigenvalue weighted by atomic mass is 9.90. The topological polar surface area (TPSA) is 77.9 Å². The molecule has 2 aliphatic heterocycles. The zero-order valence-electron chi connectivity index (χ0n) is 11.2. The predicted molar refractivity (Wildman–Crippen MR) is 67.3 cm³/mol. The largest absolute Gasteiger partial charge is 0.481 e. The van der Waals surface area contributed by atoms with E-state index in [1.807, 2.05) is 0 Å². The lowest BCUT2D eigenvalue weighted by Crippen LogP contribution is -2.54. The van der Waals surface area contributed by atoms with Gasteiger partial charge in [0, 0.05) is 44.9 Å². The minimum absolute atomic E-state index is 0.00128. The Morgan fingerprint density at radius 1 is 1.11 bits per heavy atom. The van der Waals surface area contributed by atoms with Crippen molar-refractivity contribution in [1.29, 1.82) is 0 Å². The van der Waals surface area contributed by atoms with Gasteiger partial charge in [-0.2, -0.15) is 0 Å². The summed E-state index contributed by atoms with van der Waals surface area (Å²) in [6, 6.07) is 0. The second-order valence-electron chi connectivity index (χ2n) is 5.49. The summed E-state index contributed by atoms with van der Waals surface area (Å²) in [5.41, 5.74) is 0. The second kappa shape index (κ2) is 5.59. The molecule has 2 heterocycles. The molecule has 106 valence electrons. The first-order chi connectivity index (χ1) is 8.97. The molecular formula is C13H20N2O4. The Kier molecular flexibility index (Phi) is 4.07. The quantitative estimate of drug-likeness (QED) is 0.792. The van der Waals surface area contributed by atoms with E-state index in [1.54, 1.807) is 16.7 Å². The number of rotatable bonds is 3. The van der Waals surface area contributed by atoms with Gasteiger partial charge in [-0.3, -0.25) is 14.4 Å². The molecule has 2 saturated heterocycles. The summed E-state index contributed by atoms with van der Waals surface area (Å²) < 4.78 is 0.